The summed E-state index contributed by atoms with van der Waals surface area (Å²) in [5, 5.41) is 10.7. The number of allylic oxidation sites excluding steroid dienone is 1. The highest BCUT2D eigenvalue weighted by Gasteiger charge is 2.10. The first kappa shape index (κ1) is 13.6. The van der Waals surface area contributed by atoms with Gasteiger partial charge in [0.25, 0.3) is 5.69 Å². The number of rotatable bonds is 4. The van der Waals surface area contributed by atoms with E-state index in [4.69, 9.17) is 0 Å². The lowest BCUT2D eigenvalue weighted by Gasteiger charge is -2.03. The summed E-state index contributed by atoms with van der Waals surface area (Å²) in [6.07, 6.45) is 3.21. The first-order valence-electron chi connectivity index (χ1n) is 5.96. The number of nitro groups is 1. The molecular weight excluding hydrogens is 256 g/mol. The van der Waals surface area contributed by atoms with Crippen LogP contribution in [0.1, 0.15) is 18.2 Å². The molecule has 0 radical (unpaired) electrons. The summed E-state index contributed by atoms with van der Waals surface area (Å²) in [4.78, 5) is 26.1. The molecule has 20 heavy (non-hydrogen) atoms. The predicted molar refractivity (Wildman–Crippen MR) is 75.9 cm³/mol. The molecule has 0 atom stereocenters. The molecule has 0 saturated heterocycles. The molecule has 0 aliphatic carbocycles. The van der Waals surface area contributed by atoms with E-state index in [-0.39, 0.29) is 11.5 Å². The highest BCUT2D eigenvalue weighted by atomic mass is 16.6. The van der Waals surface area contributed by atoms with Gasteiger partial charge in [0.05, 0.1) is 10.6 Å². The quantitative estimate of drug-likeness (QED) is 0.485. The summed E-state index contributed by atoms with van der Waals surface area (Å²) in [6.45, 7) is 1.44. The van der Waals surface area contributed by atoms with Gasteiger partial charge in [0, 0.05) is 23.9 Å². The van der Waals surface area contributed by atoms with Crippen LogP contribution in [0.25, 0.3) is 11.6 Å². The number of nitro benzene ring substituents is 1. The minimum atomic E-state index is -0.467. The fraction of sp³-hybridized carbons (Fsp3) is 0.0667. The SMILES string of the molecule is CC(=O)/C(=C/c1cccc([N+](=O)[O-])c1)c1ccccn1. The summed E-state index contributed by atoms with van der Waals surface area (Å²) in [5.41, 5.74) is 1.55. The summed E-state index contributed by atoms with van der Waals surface area (Å²) in [6, 6.07) is 11.4. The first-order chi connectivity index (χ1) is 9.58. The number of hydrogen-bond acceptors (Lipinski definition) is 4. The van der Waals surface area contributed by atoms with Gasteiger partial charge < -0.3 is 0 Å². The molecule has 0 aliphatic rings. The van der Waals surface area contributed by atoms with Crippen molar-refractivity contribution in [3.63, 3.8) is 0 Å². The fourth-order valence-electron chi connectivity index (χ4n) is 1.77. The van der Waals surface area contributed by atoms with Crippen molar-refractivity contribution in [3.05, 3.63) is 70.0 Å². The van der Waals surface area contributed by atoms with Gasteiger partial charge in [-0.25, -0.2) is 0 Å². The summed E-state index contributed by atoms with van der Waals surface area (Å²) in [7, 11) is 0. The maximum atomic E-state index is 11.7. The Morgan fingerprint density at radius 2 is 2.05 bits per heavy atom. The second-order valence-electron chi connectivity index (χ2n) is 4.18. The third-order valence-electron chi connectivity index (χ3n) is 2.71. The number of carbonyl (C=O) groups is 1. The maximum absolute atomic E-state index is 11.7. The van der Waals surface area contributed by atoms with E-state index in [0.29, 0.717) is 16.8 Å². The van der Waals surface area contributed by atoms with E-state index < -0.39 is 4.92 Å². The van der Waals surface area contributed by atoms with Crippen molar-refractivity contribution >= 4 is 23.1 Å². The second kappa shape index (κ2) is 5.88. The largest absolute Gasteiger partial charge is 0.294 e. The zero-order valence-corrected chi connectivity index (χ0v) is 10.8. The molecular formula is C15H12N2O3. The molecule has 5 heteroatoms. The third kappa shape index (κ3) is 3.14. The number of benzene rings is 1. The van der Waals surface area contributed by atoms with Crippen LogP contribution in [-0.4, -0.2) is 15.7 Å². The molecule has 0 bridgehead atoms. The van der Waals surface area contributed by atoms with Gasteiger partial charge in [-0.2, -0.15) is 0 Å². The molecule has 1 aromatic carbocycles. The van der Waals surface area contributed by atoms with Gasteiger partial charge >= 0.3 is 0 Å². The Morgan fingerprint density at radius 3 is 2.65 bits per heavy atom. The Hall–Kier alpha value is -2.82. The molecule has 0 N–H and O–H groups in total. The number of nitrogens with zero attached hydrogens (tertiary/aromatic N) is 2. The van der Waals surface area contributed by atoms with Crippen LogP contribution >= 0.6 is 0 Å². The molecule has 0 unspecified atom stereocenters. The summed E-state index contributed by atoms with van der Waals surface area (Å²) in [5.74, 6) is -0.143. The molecule has 100 valence electrons. The molecule has 0 spiro atoms. The van der Waals surface area contributed by atoms with Crippen molar-refractivity contribution < 1.29 is 9.72 Å². The van der Waals surface area contributed by atoms with E-state index >= 15 is 0 Å². The second-order valence-corrected chi connectivity index (χ2v) is 4.18. The van der Waals surface area contributed by atoms with Crippen LogP contribution in [-0.2, 0) is 4.79 Å². The Labute approximate surface area is 115 Å². The van der Waals surface area contributed by atoms with E-state index in [1.807, 2.05) is 0 Å². The lowest BCUT2D eigenvalue weighted by molar-refractivity contribution is -0.384. The number of ketones is 1. The van der Waals surface area contributed by atoms with E-state index in [2.05, 4.69) is 4.98 Å². The van der Waals surface area contributed by atoms with Crippen molar-refractivity contribution in [2.75, 3.05) is 0 Å². The number of Topliss-reactive ketones (excluding diaryl/α,β-unsaturated/α-hetero) is 1. The van der Waals surface area contributed by atoms with Crippen molar-refractivity contribution in [2.24, 2.45) is 0 Å². The van der Waals surface area contributed by atoms with Crippen molar-refractivity contribution in [1.29, 1.82) is 0 Å². The molecule has 1 heterocycles. The van der Waals surface area contributed by atoms with Crippen LogP contribution in [0.4, 0.5) is 5.69 Å². The first-order valence-corrected chi connectivity index (χ1v) is 5.96. The zero-order valence-electron chi connectivity index (χ0n) is 10.8. The third-order valence-corrected chi connectivity index (χ3v) is 2.71. The van der Waals surface area contributed by atoms with E-state index in [0.717, 1.165) is 0 Å². The topological polar surface area (TPSA) is 73.1 Å². The smallest absolute Gasteiger partial charge is 0.270 e. The predicted octanol–water partition coefficient (Wildman–Crippen LogP) is 3.12. The van der Waals surface area contributed by atoms with Crippen LogP contribution < -0.4 is 0 Å². The van der Waals surface area contributed by atoms with Crippen LogP contribution in [0.2, 0.25) is 0 Å². The number of pyridine rings is 1. The standard InChI is InChI=1S/C15H12N2O3/c1-11(18)14(15-7-2-3-8-16-15)10-12-5-4-6-13(9-12)17(19)20/h2-10H,1H3/b14-10-. The monoisotopic (exact) mass is 268 g/mol. The Kier molecular flexibility index (Phi) is 4.00. The minimum Gasteiger partial charge on any atom is -0.294 e. The van der Waals surface area contributed by atoms with Gasteiger partial charge in [0.15, 0.2) is 5.78 Å². The lowest BCUT2D eigenvalue weighted by atomic mass is 10.0. The van der Waals surface area contributed by atoms with Gasteiger partial charge in [-0.05, 0) is 30.7 Å². The van der Waals surface area contributed by atoms with Gasteiger partial charge in [-0.15, -0.1) is 0 Å². The minimum absolute atomic E-state index is 0.0114. The highest BCUT2D eigenvalue weighted by molar-refractivity contribution is 6.23. The van der Waals surface area contributed by atoms with Gasteiger partial charge in [0.2, 0.25) is 0 Å². The van der Waals surface area contributed by atoms with Gasteiger partial charge in [-0.3, -0.25) is 19.9 Å². The Morgan fingerprint density at radius 1 is 1.25 bits per heavy atom. The molecule has 1 aromatic heterocycles. The highest BCUT2D eigenvalue weighted by Crippen LogP contribution is 2.20. The molecule has 2 rings (SSSR count). The average Bonchev–Trinajstić information content (AvgIpc) is 2.45. The number of aromatic nitrogens is 1. The normalized spacial score (nSPS) is 11.2. The molecule has 0 aliphatic heterocycles. The van der Waals surface area contributed by atoms with Crippen molar-refractivity contribution in [2.45, 2.75) is 6.92 Å². The Bertz CT molecular complexity index is 679. The number of carbonyl (C=O) groups excluding carboxylic acids is 1. The summed E-state index contributed by atoms with van der Waals surface area (Å²) < 4.78 is 0. The van der Waals surface area contributed by atoms with E-state index in [1.54, 1.807) is 42.6 Å². The molecule has 5 nitrogen and oxygen atoms in total. The summed E-state index contributed by atoms with van der Waals surface area (Å²) >= 11 is 0. The molecule has 0 amide bonds. The van der Waals surface area contributed by atoms with Crippen LogP contribution in [0.15, 0.2) is 48.7 Å². The van der Waals surface area contributed by atoms with Crippen molar-refractivity contribution in [3.8, 4) is 0 Å². The van der Waals surface area contributed by atoms with Gasteiger partial charge in [0.1, 0.15) is 0 Å². The fourth-order valence-corrected chi connectivity index (χ4v) is 1.77. The van der Waals surface area contributed by atoms with Crippen LogP contribution in [0.3, 0.4) is 0 Å². The van der Waals surface area contributed by atoms with Crippen LogP contribution in [0, 0.1) is 10.1 Å². The Balaban J connectivity index is 2.47. The van der Waals surface area contributed by atoms with E-state index in [1.165, 1.54) is 19.1 Å². The average molecular weight is 268 g/mol. The van der Waals surface area contributed by atoms with Gasteiger partial charge in [-0.1, -0.05) is 18.2 Å². The molecule has 0 fully saturated rings. The maximum Gasteiger partial charge on any atom is 0.270 e. The number of non-ortho nitro benzene ring substituents is 1. The number of hydrogen-bond donors (Lipinski definition) is 0. The van der Waals surface area contributed by atoms with Crippen molar-refractivity contribution in [1.82, 2.24) is 4.98 Å². The van der Waals surface area contributed by atoms with Crippen LogP contribution in [0.5, 0.6) is 0 Å². The van der Waals surface area contributed by atoms with E-state index in [9.17, 15) is 14.9 Å². The molecule has 0 saturated carbocycles. The molecule has 2 aromatic rings. The lowest BCUT2D eigenvalue weighted by Crippen LogP contribution is -1.98. The zero-order chi connectivity index (χ0) is 14.5.